The summed E-state index contributed by atoms with van der Waals surface area (Å²) >= 11 is 0. The summed E-state index contributed by atoms with van der Waals surface area (Å²) in [6.45, 7) is 0. The van der Waals surface area contributed by atoms with Gasteiger partial charge in [0.2, 0.25) is 6.29 Å². The zero-order valence-corrected chi connectivity index (χ0v) is 6.09. The SMILES string of the molecule is CNC1CC(=O)OC1OC. The minimum absolute atomic E-state index is 0.0116. The van der Waals surface area contributed by atoms with Gasteiger partial charge in [-0.3, -0.25) is 4.79 Å². The van der Waals surface area contributed by atoms with Gasteiger partial charge in [-0.15, -0.1) is 0 Å². The van der Waals surface area contributed by atoms with Crippen molar-refractivity contribution in [2.45, 2.75) is 18.8 Å². The van der Waals surface area contributed by atoms with E-state index in [1.165, 1.54) is 7.11 Å². The molecule has 0 aromatic rings. The first-order chi connectivity index (χ1) is 4.77. The average Bonchev–Trinajstić information content (AvgIpc) is 2.30. The number of esters is 1. The second-order valence-corrected chi connectivity index (χ2v) is 2.19. The Balaban J connectivity index is 2.48. The van der Waals surface area contributed by atoms with E-state index in [9.17, 15) is 4.79 Å². The van der Waals surface area contributed by atoms with Crippen LogP contribution in [0.5, 0.6) is 0 Å². The number of rotatable bonds is 2. The van der Waals surface area contributed by atoms with Gasteiger partial charge in [0.15, 0.2) is 0 Å². The molecule has 0 saturated carbocycles. The van der Waals surface area contributed by atoms with Crippen molar-refractivity contribution >= 4 is 5.97 Å². The van der Waals surface area contributed by atoms with Gasteiger partial charge in [-0.1, -0.05) is 0 Å². The highest BCUT2D eigenvalue weighted by molar-refractivity contribution is 5.72. The largest absolute Gasteiger partial charge is 0.434 e. The average molecular weight is 145 g/mol. The van der Waals surface area contributed by atoms with Gasteiger partial charge in [-0.05, 0) is 7.05 Å². The molecule has 0 spiro atoms. The van der Waals surface area contributed by atoms with E-state index >= 15 is 0 Å². The van der Waals surface area contributed by atoms with Crippen molar-refractivity contribution in [3.63, 3.8) is 0 Å². The highest BCUT2D eigenvalue weighted by Gasteiger charge is 2.33. The third-order valence-electron chi connectivity index (χ3n) is 1.57. The van der Waals surface area contributed by atoms with Gasteiger partial charge in [0.25, 0.3) is 0 Å². The molecule has 0 radical (unpaired) electrons. The zero-order chi connectivity index (χ0) is 7.56. The highest BCUT2D eigenvalue weighted by Crippen LogP contribution is 2.14. The molecule has 0 bridgehead atoms. The Morgan fingerprint density at radius 2 is 2.50 bits per heavy atom. The normalized spacial score (nSPS) is 32.4. The van der Waals surface area contributed by atoms with Crippen molar-refractivity contribution in [2.24, 2.45) is 0 Å². The van der Waals surface area contributed by atoms with Crippen LogP contribution in [0.15, 0.2) is 0 Å². The van der Waals surface area contributed by atoms with Crippen LogP contribution < -0.4 is 5.32 Å². The van der Waals surface area contributed by atoms with Crippen molar-refractivity contribution in [1.82, 2.24) is 5.32 Å². The first kappa shape index (κ1) is 7.50. The number of hydrogen-bond donors (Lipinski definition) is 1. The first-order valence-electron chi connectivity index (χ1n) is 3.17. The van der Waals surface area contributed by atoms with E-state index < -0.39 is 6.29 Å². The maximum atomic E-state index is 10.6. The van der Waals surface area contributed by atoms with Gasteiger partial charge in [-0.2, -0.15) is 0 Å². The predicted molar refractivity (Wildman–Crippen MR) is 34.4 cm³/mol. The number of carbonyl (C=O) groups excluding carboxylic acids is 1. The van der Waals surface area contributed by atoms with Crippen molar-refractivity contribution in [3.05, 3.63) is 0 Å². The second-order valence-electron chi connectivity index (χ2n) is 2.19. The molecule has 4 nitrogen and oxygen atoms in total. The Kier molecular flexibility index (Phi) is 2.24. The monoisotopic (exact) mass is 145 g/mol. The lowest BCUT2D eigenvalue weighted by molar-refractivity contribution is -0.159. The van der Waals surface area contributed by atoms with E-state index in [2.05, 4.69) is 5.32 Å². The molecule has 58 valence electrons. The van der Waals surface area contributed by atoms with Crippen molar-refractivity contribution in [1.29, 1.82) is 0 Å². The van der Waals surface area contributed by atoms with Crippen LogP contribution in [0.4, 0.5) is 0 Å². The van der Waals surface area contributed by atoms with Gasteiger partial charge in [0.1, 0.15) is 0 Å². The van der Waals surface area contributed by atoms with Crippen LogP contribution in [0, 0.1) is 0 Å². The number of ether oxygens (including phenoxy) is 2. The lowest BCUT2D eigenvalue weighted by Gasteiger charge is -2.13. The molecule has 2 atom stereocenters. The summed E-state index contributed by atoms with van der Waals surface area (Å²) in [5, 5.41) is 2.92. The van der Waals surface area contributed by atoms with Gasteiger partial charge in [0.05, 0.1) is 12.5 Å². The Morgan fingerprint density at radius 1 is 1.80 bits per heavy atom. The van der Waals surface area contributed by atoms with Crippen molar-refractivity contribution < 1.29 is 14.3 Å². The molecule has 0 aromatic carbocycles. The summed E-state index contributed by atoms with van der Waals surface area (Å²) in [4.78, 5) is 10.6. The van der Waals surface area contributed by atoms with E-state index in [0.29, 0.717) is 6.42 Å². The smallest absolute Gasteiger partial charge is 0.309 e. The minimum Gasteiger partial charge on any atom is -0.434 e. The van der Waals surface area contributed by atoms with Gasteiger partial charge >= 0.3 is 5.97 Å². The molecule has 1 aliphatic rings. The Morgan fingerprint density at radius 3 is 2.90 bits per heavy atom. The lowest BCUT2D eigenvalue weighted by atomic mass is 10.2. The Bertz CT molecular complexity index is 123. The Hall–Kier alpha value is -0.610. The summed E-state index contributed by atoms with van der Waals surface area (Å²) in [7, 11) is 3.30. The molecule has 2 unspecified atom stereocenters. The molecule has 10 heavy (non-hydrogen) atoms. The molecular weight excluding hydrogens is 134 g/mol. The van der Waals surface area contributed by atoms with E-state index in [4.69, 9.17) is 9.47 Å². The van der Waals surface area contributed by atoms with E-state index in [0.717, 1.165) is 0 Å². The molecule has 4 heteroatoms. The zero-order valence-electron chi connectivity index (χ0n) is 6.09. The summed E-state index contributed by atoms with van der Waals surface area (Å²) in [5.41, 5.74) is 0. The Labute approximate surface area is 59.5 Å². The summed E-state index contributed by atoms with van der Waals surface area (Å²) in [5.74, 6) is -0.203. The topological polar surface area (TPSA) is 47.6 Å². The fraction of sp³-hybridized carbons (Fsp3) is 0.833. The number of methoxy groups -OCH3 is 1. The van der Waals surface area contributed by atoms with E-state index in [-0.39, 0.29) is 12.0 Å². The second kappa shape index (κ2) is 2.98. The van der Waals surface area contributed by atoms with Gasteiger partial charge in [-0.25, -0.2) is 0 Å². The van der Waals surface area contributed by atoms with Gasteiger partial charge < -0.3 is 14.8 Å². The van der Waals surface area contributed by atoms with Crippen LogP contribution in [0.3, 0.4) is 0 Å². The number of carbonyl (C=O) groups is 1. The predicted octanol–water partition coefficient (Wildman–Crippen LogP) is -0.506. The van der Waals surface area contributed by atoms with Crippen LogP contribution in [0.25, 0.3) is 0 Å². The third kappa shape index (κ3) is 1.27. The van der Waals surface area contributed by atoms with Crippen LogP contribution in [0.2, 0.25) is 0 Å². The molecule has 1 fully saturated rings. The van der Waals surface area contributed by atoms with Gasteiger partial charge in [0, 0.05) is 7.11 Å². The van der Waals surface area contributed by atoms with Crippen LogP contribution in [-0.2, 0) is 14.3 Å². The molecule has 1 heterocycles. The quantitative estimate of drug-likeness (QED) is 0.532. The molecule has 0 aromatic heterocycles. The number of nitrogens with one attached hydrogen (secondary N) is 1. The van der Waals surface area contributed by atoms with E-state index in [1.807, 2.05) is 0 Å². The fourth-order valence-corrected chi connectivity index (χ4v) is 0.986. The maximum absolute atomic E-state index is 10.6. The summed E-state index contributed by atoms with van der Waals surface area (Å²) < 4.78 is 9.67. The molecule has 1 N–H and O–H groups in total. The van der Waals surface area contributed by atoms with Crippen molar-refractivity contribution in [3.8, 4) is 0 Å². The maximum Gasteiger partial charge on any atom is 0.309 e. The van der Waals surface area contributed by atoms with Crippen LogP contribution in [-0.4, -0.2) is 32.5 Å². The standard InChI is InChI=1S/C6H11NO3/c1-7-4-3-5(8)10-6(4)9-2/h4,6-7H,3H2,1-2H3. The van der Waals surface area contributed by atoms with Crippen LogP contribution in [0.1, 0.15) is 6.42 Å². The number of hydrogen-bond acceptors (Lipinski definition) is 4. The molecule has 1 rings (SSSR count). The highest BCUT2D eigenvalue weighted by atomic mass is 16.7. The molecule has 0 amide bonds. The summed E-state index contributed by atoms with van der Waals surface area (Å²) in [6, 6.07) is 0.0116. The van der Waals surface area contributed by atoms with E-state index in [1.54, 1.807) is 7.05 Å². The molecular formula is C6H11NO3. The molecule has 1 aliphatic heterocycles. The first-order valence-corrected chi connectivity index (χ1v) is 3.17. The number of likely N-dealkylation sites (N-methyl/N-ethyl adjacent to an activating group) is 1. The lowest BCUT2D eigenvalue weighted by Crippen LogP contribution is -2.34. The molecule has 1 saturated heterocycles. The minimum atomic E-state index is -0.405. The number of cyclic esters (lactones) is 1. The third-order valence-corrected chi connectivity index (χ3v) is 1.57. The van der Waals surface area contributed by atoms with Crippen molar-refractivity contribution in [2.75, 3.05) is 14.2 Å². The van der Waals surface area contributed by atoms with Crippen LogP contribution >= 0.6 is 0 Å². The summed E-state index contributed by atoms with van der Waals surface area (Å²) in [6.07, 6.45) is -0.00727. The molecule has 0 aliphatic carbocycles. The fourth-order valence-electron chi connectivity index (χ4n) is 0.986.